The molecule has 0 saturated carbocycles. The van der Waals surface area contributed by atoms with E-state index in [2.05, 4.69) is 39.4 Å². The highest BCUT2D eigenvalue weighted by Crippen LogP contribution is 2.31. The highest BCUT2D eigenvalue weighted by atomic mass is 32.2. The minimum atomic E-state index is -3.81. The summed E-state index contributed by atoms with van der Waals surface area (Å²) in [7, 11) is -1.65. The summed E-state index contributed by atoms with van der Waals surface area (Å²) in [6.45, 7) is 4.29. The Hall–Kier alpha value is -4.13. The molecule has 43 heavy (non-hydrogen) atoms. The third-order valence-electron chi connectivity index (χ3n) is 7.69. The fourth-order valence-electron chi connectivity index (χ4n) is 5.38. The van der Waals surface area contributed by atoms with Gasteiger partial charge in [-0.25, -0.2) is 13.4 Å². The largest absolute Gasteiger partial charge is 0.488 e. The molecule has 0 amide bonds. The highest BCUT2D eigenvalue weighted by molar-refractivity contribution is 7.93. The minimum Gasteiger partial charge on any atom is -0.488 e. The number of benzene rings is 1. The summed E-state index contributed by atoms with van der Waals surface area (Å²) in [5, 5.41) is 5.56. The van der Waals surface area contributed by atoms with Crippen LogP contribution in [0.3, 0.4) is 0 Å². The topological polar surface area (TPSA) is 119 Å². The molecule has 0 aliphatic carbocycles. The van der Waals surface area contributed by atoms with Gasteiger partial charge in [0.25, 0.3) is 5.56 Å². The lowest BCUT2D eigenvalue weighted by atomic mass is 9.89. The van der Waals surface area contributed by atoms with Crippen molar-refractivity contribution in [1.29, 1.82) is 0 Å². The Morgan fingerprint density at radius 1 is 1.07 bits per heavy atom. The molecule has 1 aliphatic heterocycles. The lowest BCUT2D eigenvalue weighted by molar-refractivity contribution is 0.255. The van der Waals surface area contributed by atoms with E-state index in [0.29, 0.717) is 35.1 Å². The summed E-state index contributed by atoms with van der Waals surface area (Å²) in [4.78, 5) is 29.2. The molecule has 0 radical (unpaired) electrons. The molecular weight excluding hydrogens is 585 g/mol. The van der Waals surface area contributed by atoms with E-state index in [9.17, 15) is 13.2 Å². The van der Waals surface area contributed by atoms with E-state index in [1.54, 1.807) is 30.6 Å². The number of thiophene rings is 1. The Morgan fingerprint density at radius 3 is 2.53 bits per heavy atom. The van der Waals surface area contributed by atoms with Gasteiger partial charge >= 0.3 is 0 Å². The molecule has 5 heterocycles. The molecule has 0 spiro atoms. The zero-order valence-corrected chi connectivity index (χ0v) is 25.6. The standard InChI is InChI=1S/C31H32N6O4S2/c1-3-41-27-18-24-19-33-31(34-25-6-4-21(5-7-25)22-10-15-36(2)16-11-22)35-28(24)37(29(27)38)20-23-12-17-42-30(23)43(39,40)26-8-13-32-14-9-26/h4-9,12-14,17-19,22H,3,10-11,15-16,20H2,1-2H3,(H,33,34,35). The van der Waals surface area contributed by atoms with Crippen molar-refractivity contribution in [3.63, 3.8) is 0 Å². The molecule has 12 heteroatoms. The van der Waals surface area contributed by atoms with Crippen molar-refractivity contribution in [2.45, 2.75) is 41.3 Å². The summed E-state index contributed by atoms with van der Waals surface area (Å²) in [5.74, 6) is 1.03. The molecule has 1 fully saturated rings. The predicted octanol–water partition coefficient (Wildman–Crippen LogP) is 5.08. The van der Waals surface area contributed by atoms with Gasteiger partial charge in [-0.1, -0.05) is 12.1 Å². The molecule has 0 bridgehead atoms. The third kappa shape index (κ3) is 6.03. The number of rotatable bonds is 9. The van der Waals surface area contributed by atoms with Crippen LogP contribution in [0.15, 0.2) is 86.4 Å². The van der Waals surface area contributed by atoms with Gasteiger partial charge in [0, 0.05) is 35.2 Å². The summed E-state index contributed by atoms with van der Waals surface area (Å²) in [6, 6.07) is 14.6. The predicted molar refractivity (Wildman–Crippen MR) is 167 cm³/mol. The van der Waals surface area contributed by atoms with Crippen molar-refractivity contribution in [3.05, 3.63) is 94.0 Å². The van der Waals surface area contributed by atoms with Crippen LogP contribution in [-0.4, -0.2) is 59.6 Å². The van der Waals surface area contributed by atoms with Crippen molar-refractivity contribution < 1.29 is 13.2 Å². The summed E-state index contributed by atoms with van der Waals surface area (Å²) in [5.41, 5.74) is 2.60. The van der Waals surface area contributed by atoms with Crippen LogP contribution in [0.2, 0.25) is 0 Å². The van der Waals surface area contributed by atoms with E-state index in [1.165, 1.54) is 34.7 Å². The average Bonchev–Trinajstić information content (AvgIpc) is 3.50. The molecule has 222 valence electrons. The Bertz CT molecular complexity index is 1900. The van der Waals surface area contributed by atoms with E-state index < -0.39 is 15.4 Å². The Kier molecular flexibility index (Phi) is 8.24. The number of sulfone groups is 1. The maximum atomic E-state index is 13.6. The van der Waals surface area contributed by atoms with Crippen LogP contribution in [0, 0.1) is 0 Å². The van der Waals surface area contributed by atoms with Gasteiger partial charge in [0.15, 0.2) is 5.75 Å². The second-order valence-corrected chi connectivity index (χ2v) is 13.6. The zero-order valence-electron chi connectivity index (χ0n) is 23.9. The van der Waals surface area contributed by atoms with E-state index in [0.717, 1.165) is 43.0 Å². The normalized spacial score (nSPS) is 14.7. The second kappa shape index (κ2) is 12.2. The van der Waals surface area contributed by atoms with Gasteiger partial charge < -0.3 is 15.0 Å². The molecule has 4 aromatic heterocycles. The van der Waals surface area contributed by atoms with Crippen molar-refractivity contribution >= 4 is 43.8 Å². The number of piperidine rings is 1. The van der Waals surface area contributed by atoms with E-state index >= 15 is 0 Å². The van der Waals surface area contributed by atoms with Gasteiger partial charge in [-0.3, -0.25) is 14.3 Å². The van der Waals surface area contributed by atoms with Crippen LogP contribution in [0.1, 0.15) is 36.8 Å². The number of anilines is 2. The van der Waals surface area contributed by atoms with Gasteiger partial charge in [-0.2, -0.15) is 4.98 Å². The number of likely N-dealkylation sites (tertiary alicyclic amines) is 1. The van der Waals surface area contributed by atoms with Gasteiger partial charge in [-0.05, 0) is 93.2 Å². The van der Waals surface area contributed by atoms with Crippen molar-refractivity contribution in [2.24, 2.45) is 0 Å². The Morgan fingerprint density at radius 2 is 1.81 bits per heavy atom. The molecule has 1 aliphatic rings. The molecule has 0 unspecified atom stereocenters. The van der Waals surface area contributed by atoms with Gasteiger partial charge in [0.2, 0.25) is 15.8 Å². The smallest absolute Gasteiger partial charge is 0.294 e. The van der Waals surface area contributed by atoms with Crippen LogP contribution in [0.25, 0.3) is 11.0 Å². The number of hydrogen-bond acceptors (Lipinski definition) is 10. The first-order chi connectivity index (χ1) is 20.8. The van der Waals surface area contributed by atoms with Crippen LogP contribution >= 0.6 is 11.3 Å². The SMILES string of the molecule is CCOc1cc2cnc(Nc3ccc(C4CCN(C)CC4)cc3)nc2n(Cc2ccsc2S(=O)(=O)c2ccncc2)c1=O. The molecular formula is C31H32N6O4S2. The van der Waals surface area contributed by atoms with Crippen molar-refractivity contribution in [1.82, 2.24) is 24.4 Å². The van der Waals surface area contributed by atoms with Crippen LogP contribution < -0.4 is 15.6 Å². The zero-order chi connectivity index (χ0) is 30.0. The first kappa shape index (κ1) is 29.0. The average molecular weight is 617 g/mol. The molecule has 1 N–H and O–H groups in total. The van der Waals surface area contributed by atoms with Crippen LogP contribution in [0.4, 0.5) is 11.6 Å². The lowest BCUT2D eigenvalue weighted by Gasteiger charge is -2.29. The summed E-state index contributed by atoms with van der Waals surface area (Å²) in [6.07, 6.45) is 6.81. The van der Waals surface area contributed by atoms with Crippen LogP contribution in [0.5, 0.6) is 5.75 Å². The van der Waals surface area contributed by atoms with Gasteiger partial charge in [-0.15, -0.1) is 11.3 Å². The quantitative estimate of drug-likeness (QED) is 0.242. The lowest BCUT2D eigenvalue weighted by Crippen LogP contribution is -2.29. The molecule has 0 atom stereocenters. The monoisotopic (exact) mass is 616 g/mol. The number of nitrogens with zero attached hydrogens (tertiary/aromatic N) is 5. The van der Waals surface area contributed by atoms with E-state index in [4.69, 9.17) is 9.72 Å². The van der Waals surface area contributed by atoms with Crippen molar-refractivity contribution in [2.75, 3.05) is 32.1 Å². The third-order valence-corrected chi connectivity index (χ3v) is 11.0. The van der Waals surface area contributed by atoms with E-state index in [1.807, 2.05) is 12.1 Å². The highest BCUT2D eigenvalue weighted by Gasteiger charge is 2.24. The number of fused-ring (bicyclic) bond motifs is 1. The fraction of sp³-hybridized carbons (Fsp3) is 0.290. The Balaban J connectivity index is 1.34. The number of pyridine rings is 2. The first-order valence-corrected chi connectivity index (χ1v) is 16.5. The maximum absolute atomic E-state index is 13.6. The number of ether oxygens (including phenoxy) is 1. The Labute approximate surface area is 254 Å². The first-order valence-electron chi connectivity index (χ1n) is 14.1. The van der Waals surface area contributed by atoms with Gasteiger partial charge in [0.05, 0.1) is 18.0 Å². The number of nitrogens with one attached hydrogen (secondary N) is 1. The van der Waals surface area contributed by atoms with Crippen LogP contribution in [-0.2, 0) is 16.4 Å². The van der Waals surface area contributed by atoms with E-state index in [-0.39, 0.29) is 21.4 Å². The molecule has 5 aromatic rings. The molecule has 1 saturated heterocycles. The maximum Gasteiger partial charge on any atom is 0.294 e. The fourth-order valence-corrected chi connectivity index (χ4v) is 8.15. The summed E-state index contributed by atoms with van der Waals surface area (Å²) >= 11 is 1.11. The summed E-state index contributed by atoms with van der Waals surface area (Å²) < 4.78 is 34.2. The molecule has 1 aromatic carbocycles. The van der Waals surface area contributed by atoms with Gasteiger partial charge in [0.1, 0.15) is 9.86 Å². The number of aromatic nitrogens is 4. The second-order valence-electron chi connectivity index (χ2n) is 10.5. The molecule has 6 rings (SSSR count). The van der Waals surface area contributed by atoms with Crippen molar-refractivity contribution in [3.8, 4) is 5.75 Å². The number of hydrogen-bond donors (Lipinski definition) is 1. The molecule has 10 nitrogen and oxygen atoms in total. The minimum absolute atomic E-state index is 0.0128.